The zero-order valence-corrected chi connectivity index (χ0v) is 20.2. The maximum absolute atomic E-state index is 12.8. The van der Waals surface area contributed by atoms with Gasteiger partial charge in [0.2, 0.25) is 5.91 Å². The second-order valence-corrected chi connectivity index (χ2v) is 8.97. The Balaban J connectivity index is 1.51. The van der Waals surface area contributed by atoms with E-state index in [9.17, 15) is 19.2 Å². The van der Waals surface area contributed by atoms with E-state index in [1.165, 1.54) is 6.07 Å². The molecule has 0 saturated carbocycles. The summed E-state index contributed by atoms with van der Waals surface area (Å²) in [6, 6.07) is 0.908. The van der Waals surface area contributed by atoms with Gasteiger partial charge in [0, 0.05) is 33.3 Å². The number of hydrogen-bond donors (Lipinski definition) is 3. The highest BCUT2D eigenvalue weighted by atomic mass is 35.5. The number of halogens is 1. The topological polar surface area (TPSA) is 147 Å². The Kier molecular flexibility index (Phi) is 8.92. The maximum atomic E-state index is 12.8. The smallest absolute Gasteiger partial charge is 0.309 e. The lowest BCUT2D eigenvalue weighted by Gasteiger charge is -2.39. The number of aromatic nitrogens is 1. The van der Waals surface area contributed by atoms with Gasteiger partial charge >= 0.3 is 5.97 Å². The first-order valence-corrected chi connectivity index (χ1v) is 11.8. The number of H-pyrrole nitrogens is 1. The quantitative estimate of drug-likeness (QED) is 0.453. The fraction of sp³-hybridized carbons (Fsp3) is 0.636. The first kappa shape index (κ1) is 26.0. The second-order valence-electron chi connectivity index (χ2n) is 8.56. The van der Waals surface area contributed by atoms with Gasteiger partial charge < -0.3 is 30.4 Å². The van der Waals surface area contributed by atoms with E-state index in [1.54, 1.807) is 18.9 Å². The second kappa shape index (κ2) is 11.7. The van der Waals surface area contributed by atoms with Crippen LogP contribution >= 0.6 is 11.6 Å². The number of nitrogens with zero attached hydrogens (tertiary/aromatic N) is 2. The van der Waals surface area contributed by atoms with Crippen LogP contribution in [0.4, 0.5) is 5.82 Å². The van der Waals surface area contributed by atoms with Crippen LogP contribution < -0.4 is 16.6 Å². The van der Waals surface area contributed by atoms with Gasteiger partial charge in [0.25, 0.3) is 11.5 Å². The number of aromatic amines is 1. The molecule has 0 bridgehead atoms. The Hall–Kier alpha value is -2.63. The van der Waals surface area contributed by atoms with Crippen molar-refractivity contribution in [3.05, 3.63) is 27.0 Å². The van der Waals surface area contributed by atoms with Crippen LogP contribution in [0.25, 0.3) is 0 Å². The Morgan fingerprint density at radius 3 is 2.59 bits per heavy atom. The molecule has 2 fully saturated rings. The third-order valence-electron chi connectivity index (χ3n) is 6.35. The lowest BCUT2D eigenvalue weighted by Crippen LogP contribution is -2.57. The standard InChI is InChI=1S/C22H32ClN5O6/c1-3-34-22(32)13-4-8-28(9-5-13)18(29)12-27-7-6-16(17(11-27)33-2)25-20(30)14-10-15(23)19(24)26-21(14)31/h10,13,16-17H,3-9,11-12H2,1-2H3,(H,25,30)(H3,24,26,31)/t16-,17+/m1/s1. The molecule has 2 aliphatic heterocycles. The molecule has 2 amide bonds. The molecule has 3 heterocycles. The molecule has 4 N–H and O–H groups in total. The van der Waals surface area contributed by atoms with E-state index < -0.39 is 11.5 Å². The minimum absolute atomic E-state index is 0.000999. The summed E-state index contributed by atoms with van der Waals surface area (Å²) < 4.78 is 10.6. The molecule has 0 radical (unpaired) electrons. The summed E-state index contributed by atoms with van der Waals surface area (Å²) in [6.07, 6.45) is 1.40. The highest BCUT2D eigenvalue weighted by Gasteiger charge is 2.34. The van der Waals surface area contributed by atoms with E-state index in [2.05, 4.69) is 10.3 Å². The molecule has 0 aliphatic carbocycles. The van der Waals surface area contributed by atoms with E-state index in [0.717, 1.165) is 0 Å². The van der Waals surface area contributed by atoms with Gasteiger partial charge in [0.1, 0.15) is 11.4 Å². The number of nitrogens with two attached hydrogens (primary N) is 1. The summed E-state index contributed by atoms with van der Waals surface area (Å²) in [6.45, 7) is 4.46. The molecular formula is C22H32ClN5O6. The van der Waals surface area contributed by atoms with E-state index in [1.807, 2.05) is 4.90 Å². The number of ether oxygens (including phenoxy) is 2. The van der Waals surface area contributed by atoms with Gasteiger partial charge in [0.05, 0.1) is 36.2 Å². The molecule has 34 heavy (non-hydrogen) atoms. The molecule has 188 valence electrons. The summed E-state index contributed by atoms with van der Waals surface area (Å²) in [5, 5.41) is 2.93. The fourth-order valence-corrected chi connectivity index (χ4v) is 4.53. The molecule has 1 aromatic rings. The van der Waals surface area contributed by atoms with Crippen LogP contribution in [0.15, 0.2) is 10.9 Å². The highest BCUT2D eigenvalue weighted by Crippen LogP contribution is 2.20. The monoisotopic (exact) mass is 497 g/mol. The predicted molar refractivity (Wildman–Crippen MR) is 126 cm³/mol. The zero-order valence-electron chi connectivity index (χ0n) is 19.5. The van der Waals surface area contributed by atoms with Gasteiger partial charge in [-0.05, 0) is 32.3 Å². The van der Waals surface area contributed by atoms with Crippen LogP contribution in [-0.2, 0) is 19.1 Å². The molecule has 11 nitrogen and oxygen atoms in total. The summed E-state index contributed by atoms with van der Waals surface area (Å²) in [4.78, 5) is 55.5. The van der Waals surface area contributed by atoms with Crippen LogP contribution in [0.2, 0.25) is 5.02 Å². The summed E-state index contributed by atoms with van der Waals surface area (Å²) in [7, 11) is 1.54. The number of amides is 2. The van der Waals surface area contributed by atoms with Gasteiger partial charge in [-0.1, -0.05) is 11.6 Å². The predicted octanol–water partition coefficient (Wildman–Crippen LogP) is 0.231. The van der Waals surface area contributed by atoms with Gasteiger partial charge in [0.15, 0.2) is 0 Å². The average Bonchev–Trinajstić information content (AvgIpc) is 2.82. The van der Waals surface area contributed by atoms with Gasteiger partial charge in [-0.2, -0.15) is 0 Å². The number of methoxy groups -OCH3 is 1. The molecule has 1 aromatic heterocycles. The number of anilines is 1. The molecule has 2 aliphatic rings. The number of pyridine rings is 1. The zero-order chi connectivity index (χ0) is 24.8. The Labute approximate surface area is 202 Å². The van der Waals surface area contributed by atoms with Crippen molar-refractivity contribution in [3.63, 3.8) is 0 Å². The molecule has 2 saturated heterocycles. The van der Waals surface area contributed by atoms with Crippen molar-refractivity contribution < 1.29 is 23.9 Å². The Morgan fingerprint density at radius 1 is 1.24 bits per heavy atom. The van der Waals surface area contributed by atoms with E-state index in [4.69, 9.17) is 26.8 Å². The molecule has 0 unspecified atom stereocenters. The van der Waals surface area contributed by atoms with Crippen molar-refractivity contribution in [1.29, 1.82) is 0 Å². The van der Waals surface area contributed by atoms with Crippen LogP contribution in [0.1, 0.15) is 36.5 Å². The van der Waals surface area contributed by atoms with Gasteiger partial charge in [-0.3, -0.25) is 24.1 Å². The average molecular weight is 498 g/mol. The molecule has 3 rings (SSSR count). The normalized spacial score (nSPS) is 21.8. The van der Waals surface area contributed by atoms with E-state index >= 15 is 0 Å². The van der Waals surface area contributed by atoms with Crippen molar-refractivity contribution in [1.82, 2.24) is 20.1 Å². The Morgan fingerprint density at radius 2 is 1.94 bits per heavy atom. The number of hydrogen-bond acceptors (Lipinski definition) is 8. The number of likely N-dealkylation sites (tertiary alicyclic amines) is 2. The molecule has 12 heteroatoms. The number of rotatable bonds is 7. The SMILES string of the molecule is CCOC(=O)C1CCN(C(=O)CN2CC[C@@H](NC(=O)c3cc(Cl)c(N)[nH]c3=O)[C@@H](OC)C2)CC1. The van der Waals surface area contributed by atoms with Gasteiger partial charge in [-0.25, -0.2) is 0 Å². The number of piperidine rings is 2. The molecule has 0 spiro atoms. The molecule has 2 atom stereocenters. The van der Waals surface area contributed by atoms with Crippen molar-refractivity contribution >= 4 is 35.2 Å². The molecular weight excluding hydrogens is 466 g/mol. The summed E-state index contributed by atoms with van der Waals surface area (Å²) in [5.74, 6) is -0.901. The minimum atomic E-state index is -0.622. The lowest BCUT2D eigenvalue weighted by atomic mass is 9.97. The largest absolute Gasteiger partial charge is 0.466 e. The maximum Gasteiger partial charge on any atom is 0.309 e. The summed E-state index contributed by atoms with van der Waals surface area (Å²) >= 11 is 5.93. The third-order valence-corrected chi connectivity index (χ3v) is 6.67. The van der Waals surface area contributed by atoms with Crippen LogP contribution in [0, 0.1) is 5.92 Å². The number of carbonyl (C=O) groups is 3. The summed E-state index contributed by atoms with van der Waals surface area (Å²) in [5.41, 5.74) is 4.81. The fourth-order valence-electron chi connectivity index (χ4n) is 4.38. The molecule has 0 aromatic carbocycles. The number of nitrogen functional groups attached to an aromatic ring is 1. The lowest BCUT2D eigenvalue weighted by molar-refractivity contribution is -0.151. The first-order chi connectivity index (χ1) is 16.2. The number of esters is 1. The van der Waals surface area contributed by atoms with Crippen molar-refractivity contribution in [2.24, 2.45) is 5.92 Å². The Bertz CT molecular complexity index is 962. The highest BCUT2D eigenvalue weighted by molar-refractivity contribution is 6.33. The van der Waals surface area contributed by atoms with Gasteiger partial charge in [-0.15, -0.1) is 0 Å². The van der Waals surface area contributed by atoms with Crippen molar-refractivity contribution in [2.75, 3.05) is 52.2 Å². The van der Waals surface area contributed by atoms with Crippen molar-refractivity contribution in [2.45, 2.75) is 38.3 Å². The third kappa shape index (κ3) is 6.28. The first-order valence-electron chi connectivity index (χ1n) is 11.4. The number of carbonyl (C=O) groups excluding carboxylic acids is 3. The van der Waals surface area contributed by atoms with Crippen LogP contribution in [-0.4, -0.2) is 91.2 Å². The van der Waals surface area contributed by atoms with Crippen LogP contribution in [0.3, 0.4) is 0 Å². The number of nitrogens with one attached hydrogen (secondary N) is 2. The van der Waals surface area contributed by atoms with Crippen molar-refractivity contribution in [3.8, 4) is 0 Å². The van der Waals surface area contributed by atoms with E-state index in [-0.39, 0.29) is 52.9 Å². The van der Waals surface area contributed by atoms with Crippen LogP contribution in [0.5, 0.6) is 0 Å². The minimum Gasteiger partial charge on any atom is -0.466 e. The van der Waals surface area contributed by atoms with E-state index in [0.29, 0.717) is 52.0 Å².